The molecule has 0 rings (SSSR count). The van der Waals surface area contributed by atoms with Gasteiger partial charge in [0, 0.05) is 55.8 Å². The Morgan fingerprint density at radius 1 is 0.650 bits per heavy atom. The Labute approximate surface area is 124 Å². The maximum Gasteiger partial charge on any atom is 0.678 e. The molecule has 0 amide bonds. The molecule has 0 fully saturated rings. The van der Waals surface area contributed by atoms with Gasteiger partial charge in [-0.1, -0.05) is 0 Å². The lowest BCUT2D eigenvalue weighted by molar-refractivity contribution is 0.0226. The summed E-state index contributed by atoms with van der Waals surface area (Å²) in [6, 6.07) is 0.785. The van der Waals surface area contributed by atoms with E-state index < -0.39 is 17.9 Å². The fourth-order valence-electron chi connectivity index (χ4n) is 1.37. The van der Waals surface area contributed by atoms with Gasteiger partial charge in [0.25, 0.3) is 0 Å². The first-order valence-electron chi connectivity index (χ1n) is 6.05. The quantitative estimate of drug-likeness (QED) is 0.569. The molecule has 0 bridgehead atoms. The van der Waals surface area contributed by atoms with E-state index in [1.807, 2.05) is 0 Å². The van der Waals surface area contributed by atoms with Crippen LogP contribution in [0.1, 0.15) is 6.42 Å². The van der Waals surface area contributed by atoms with E-state index in [4.69, 9.17) is 36.7 Å². The van der Waals surface area contributed by atoms with Gasteiger partial charge in [-0.2, -0.15) is 0 Å². The van der Waals surface area contributed by atoms with Crippen molar-refractivity contribution in [2.75, 3.05) is 56.3 Å². The number of hydrogen-bond acceptors (Lipinski definition) is 8. The van der Waals surface area contributed by atoms with Gasteiger partial charge in [-0.3, -0.25) is 0 Å². The normalized spacial score (nSPS) is 12.0. The van der Waals surface area contributed by atoms with Crippen LogP contribution in [-0.4, -0.2) is 74.2 Å². The maximum absolute atomic E-state index is 5.36. The van der Waals surface area contributed by atoms with Crippen LogP contribution in [-0.2, 0) is 31.0 Å². The van der Waals surface area contributed by atoms with Crippen molar-refractivity contribution < 1.29 is 31.0 Å². The van der Waals surface area contributed by atoms with Crippen molar-refractivity contribution in [3.8, 4) is 0 Å². The van der Waals surface area contributed by atoms with Crippen molar-refractivity contribution >= 4 is 17.9 Å². The lowest BCUT2D eigenvalue weighted by atomic mass is 10.5. The van der Waals surface area contributed by atoms with Crippen LogP contribution in [0.25, 0.3) is 0 Å². The summed E-state index contributed by atoms with van der Waals surface area (Å²) in [6.45, 7) is 0.644. The highest BCUT2D eigenvalue weighted by Gasteiger charge is 2.40. The first-order chi connectivity index (χ1) is 9.49. The van der Waals surface area contributed by atoms with E-state index in [0.29, 0.717) is 6.54 Å². The lowest BCUT2D eigenvalue weighted by Crippen LogP contribution is -2.45. The van der Waals surface area contributed by atoms with Crippen molar-refractivity contribution in [3.05, 3.63) is 0 Å². The zero-order chi connectivity index (χ0) is 16.1. The topological polar surface area (TPSA) is 90.6 Å². The van der Waals surface area contributed by atoms with E-state index >= 15 is 0 Å². The third-order valence-corrected chi connectivity index (χ3v) is 7.45. The van der Waals surface area contributed by atoms with Crippen molar-refractivity contribution in [1.29, 1.82) is 0 Å². The smallest absolute Gasteiger partial charge is 0.377 e. The third-order valence-electron chi connectivity index (χ3n) is 2.62. The highest BCUT2D eigenvalue weighted by molar-refractivity contribution is 6.60. The first kappa shape index (κ1) is 22.4. The van der Waals surface area contributed by atoms with Gasteiger partial charge >= 0.3 is 17.9 Å². The maximum atomic E-state index is 5.36. The predicted molar refractivity (Wildman–Crippen MR) is 79.0 cm³/mol. The molecule has 0 radical (unpaired) electrons. The summed E-state index contributed by atoms with van der Waals surface area (Å²) >= 11 is 0. The van der Waals surface area contributed by atoms with Crippen LogP contribution in [0.5, 0.6) is 0 Å². The molecule has 20 heavy (non-hydrogen) atoms. The SMILES string of the molecule is CO[Si](CCCN)(OC)OC.CO[Si](OC)(OC)OC. The van der Waals surface area contributed by atoms with Crippen LogP contribution < -0.4 is 5.73 Å². The molecule has 0 saturated carbocycles. The standard InChI is InChI=1S/C6H17NO3Si.C4H12O4Si/c1-8-11(9-2,10-3)6-4-5-7;1-5-9(6-2,7-3)8-4/h4-7H2,1-3H3;1-4H3. The average Bonchev–Trinajstić information content (AvgIpc) is 2.53. The zero-order valence-corrected chi connectivity index (χ0v) is 15.6. The summed E-state index contributed by atoms with van der Waals surface area (Å²) < 4.78 is 35.0. The average molecular weight is 332 g/mol. The lowest BCUT2D eigenvalue weighted by Gasteiger charge is -2.23. The van der Waals surface area contributed by atoms with Crippen LogP contribution >= 0.6 is 0 Å². The fraction of sp³-hybridized carbons (Fsp3) is 1.00. The van der Waals surface area contributed by atoms with Gasteiger partial charge in [-0.05, 0) is 13.0 Å². The molecule has 0 aromatic carbocycles. The molecule has 0 atom stereocenters. The summed E-state index contributed by atoms with van der Waals surface area (Å²) in [6.07, 6.45) is 0.877. The molecule has 10 heteroatoms. The van der Waals surface area contributed by atoms with E-state index in [0.717, 1.165) is 12.5 Å². The minimum atomic E-state index is -2.69. The number of hydrogen-bond donors (Lipinski definition) is 1. The zero-order valence-electron chi connectivity index (χ0n) is 13.6. The van der Waals surface area contributed by atoms with Crippen LogP contribution in [0.3, 0.4) is 0 Å². The van der Waals surface area contributed by atoms with Crippen molar-refractivity contribution in [2.45, 2.75) is 12.5 Å². The molecule has 0 aliphatic carbocycles. The van der Waals surface area contributed by atoms with E-state index in [1.54, 1.807) is 21.3 Å². The van der Waals surface area contributed by atoms with Crippen LogP contribution in [0.2, 0.25) is 6.04 Å². The van der Waals surface area contributed by atoms with E-state index in [1.165, 1.54) is 28.4 Å². The predicted octanol–water partition coefficient (Wildman–Crippen LogP) is 0.221. The van der Waals surface area contributed by atoms with Crippen molar-refractivity contribution in [1.82, 2.24) is 0 Å². The van der Waals surface area contributed by atoms with Crippen LogP contribution in [0.15, 0.2) is 0 Å². The molecule has 8 nitrogen and oxygen atoms in total. The molecular formula is C10H29NO7Si2. The summed E-state index contributed by atoms with van der Waals surface area (Å²) in [5.74, 6) is 0. The molecule has 0 saturated heterocycles. The largest absolute Gasteiger partial charge is 0.678 e. The summed E-state index contributed by atoms with van der Waals surface area (Å²) in [4.78, 5) is 0. The molecule has 124 valence electrons. The molecule has 0 spiro atoms. The van der Waals surface area contributed by atoms with E-state index in [2.05, 4.69) is 0 Å². The van der Waals surface area contributed by atoms with Gasteiger partial charge in [0.1, 0.15) is 0 Å². The Balaban J connectivity index is 0. The molecular weight excluding hydrogens is 302 g/mol. The van der Waals surface area contributed by atoms with Gasteiger partial charge in [0.15, 0.2) is 0 Å². The van der Waals surface area contributed by atoms with Gasteiger partial charge in [-0.25, -0.2) is 0 Å². The van der Waals surface area contributed by atoms with E-state index in [9.17, 15) is 0 Å². The molecule has 2 N–H and O–H groups in total. The minimum absolute atomic E-state index is 0.644. The molecule has 0 heterocycles. The Bertz CT molecular complexity index is 190. The minimum Gasteiger partial charge on any atom is -0.377 e. The summed E-state index contributed by atoms with van der Waals surface area (Å²) in [5, 5.41) is 0. The highest BCUT2D eigenvalue weighted by atomic mass is 28.4. The molecule has 0 unspecified atom stereocenters. The Morgan fingerprint density at radius 3 is 1.15 bits per heavy atom. The Kier molecular flexibility index (Phi) is 14.4. The van der Waals surface area contributed by atoms with Crippen LogP contribution in [0, 0.1) is 0 Å². The monoisotopic (exact) mass is 331 g/mol. The Morgan fingerprint density at radius 2 is 1.00 bits per heavy atom. The first-order valence-corrected chi connectivity index (χ1v) is 9.61. The molecule has 0 aliphatic heterocycles. The van der Waals surface area contributed by atoms with E-state index in [-0.39, 0.29) is 0 Å². The second kappa shape index (κ2) is 12.8. The van der Waals surface area contributed by atoms with Gasteiger partial charge in [-0.15, -0.1) is 0 Å². The van der Waals surface area contributed by atoms with Crippen molar-refractivity contribution in [3.63, 3.8) is 0 Å². The summed E-state index contributed by atoms with van der Waals surface area (Å²) in [5.41, 5.74) is 5.36. The van der Waals surface area contributed by atoms with Gasteiger partial charge < -0.3 is 36.7 Å². The number of rotatable bonds is 10. The fourth-order valence-corrected chi connectivity index (χ4v) is 4.12. The second-order valence-electron chi connectivity index (χ2n) is 3.50. The van der Waals surface area contributed by atoms with Crippen molar-refractivity contribution in [2.24, 2.45) is 5.73 Å². The Hall–Kier alpha value is 0.114. The highest BCUT2D eigenvalue weighted by Crippen LogP contribution is 2.13. The van der Waals surface area contributed by atoms with Crippen LogP contribution in [0.4, 0.5) is 0 Å². The molecule has 0 aromatic heterocycles. The summed E-state index contributed by atoms with van der Waals surface area (Å²) in [7, 11) is 5.77. The second-order valence-corrected chi connectivity index (χ2v) is 9.23. The van der Waals surface area contributed by atoms with Gasteiger partial charge in [0.05, 0.1) is 0 Å². The molecule has 0 aliphatic rings. The van der Waals surface area contributed by atoms with Gasteiger partial charge in [0.2, 0.25) is 0 Å². The molecule has 0 aromatic rings. The third kappa shape index (κ3) is 7.78. The number of nitrogens with two attached hydrogens (primary N) is 1.